The van der Waals surface area contributed by atoms with Crippen molar-refractivity contribution >= 4 is 11.6 Å². The van der Waals surface area contributed by atoms with E-state index in [0.717, 1.165) is 12.0 Å². The van der Waals surface area contributed by atoms with Crippen molar-refractivity contribution in [3.63, 3.8) is 0 Å². The predicted octanol–water partition coefficient (Wildman–Crippen LogP) is 2.86. The molecule has 1 amide bonds. The average molecular weight is 268 g/mol. The molecular formula is C17H20N2O. The lowest BCUT2D eigenvalue weighted by atomic mass is 9.85. The summed E-state index contributed by atoms with van der Waals surface area (Å²) in [4.78, 5) is 11.6. The maximum atomic E-state index is 11.6. The summed E-state index contributed by atoms with van der Waals surface area (Å²) in [5.74, 6) is -0.0501. The molecule has 0 fully saturated rings. The van der Waals surface area contributed by atoms with Crippen molar-refractivity contribution in [3.8, 4) is 0 Å². The number of nitrogen functional groups attached to an aromatic ring is 1. The lowest BCUT2D eigenvalue weighted by Gasteiger charge is -2.31. The summed E-state index contributed by atoms with van der Waals surface area (Å²) in [6.07, 6.45) is 0.719. The molecule has 0 radical (unpaired) electrons. The molecule has 3 N–H and O–H groups in total. The van der Waals surface area contributed by atoms with E-state index in [-0.39, 0.29) is 5.91 Å². The predicted molar refractivity (Wildman–Crippen MR) is 82.2 cm³/mol. The second kappa shape index (κ2) is 5.78. The minimum Gasteiger partial charge on any atom is -0.399 e. The van der Waals surface area contributed by atoms with E-state index in [9.17, 15) is 4.79 Å². The highest BCUT2D eigenvalue weighted by Gasteiger charge is 2.28. The smallest absolute Gasteiger partial charge is 0.217 e. The standard InChI is InChI=1S/C17H20N2O/c1-13(20)19-17(2,12-14-7-4-3-5-8-14)15-9-6-10-16(18)11-15/h3-11H,12,18H2,1-2H3,(H,19,20). The SMILES string of the molecule is CC(=O)NC(C)(Cc1ccccc1)c1cccc(N)c1. The van der Waals surface area contributed by atoms with Crippen molar-refractivity contribution in [2.75, 3.05) is 5.73 Å². The second-order valence-electron chi connectivity index (χ2n) is 5.30. The highest BCUT2D eigenvalue weighted by Crippen LogP contribution is 2.27. The zero-order valence-corrected chi connectivity index (χ0v) is 11.9. The van der Waals surface area contributed by atoms with Crippen LogP contribution in [0.15, 0.2) is 54.6 Å². The fourth-order valence-electron chi connectivity index (χ4n) is 2.49. The largest absolute Gasteiger partial charge is 0.399 e. The van der Waals surface area contributed by atoms with Crippen molar-refractivity contribution in [1.82, 2.24) is 5.32 Å². The number of nitrogens with one attached hydrogen (secondary N) is 1. The van der Waals surface area contributed by atoms with Crippen LogP contribution in [-0.2, 0) is 16.8 Å². The van der Waals surface area contributed by atoms with E-state index in [4.69, 9.17) is 5.73 Å². The summed E-state index contributed by atoms with van der Waals surface area (Å²) >= 11 is 0. The minimum atomic E-state index is -0.470. The van der Waals surface area contributed by atoms with Crippen LogP contribution in [0.2, 0.25) is 0 Å². The number of carbonyl (C=O) groups is 1. The number of anilines is 1. The summed E-state index contributed by atoms with van der Waals surface area (Å²) in [5.41, 5.74) is 8.28. The fraction of sp³-hybridized carbons (Fsp3) is 0.235. The molecule has 2 aromatic carbocycles. The van der Waals surface area contributed by atoms with E-state index < -0.39 is 5.54 Å². The van der Waals surface area contributed by atoms with Crippen LogP contribution in [0.25, 0.3) is 0 Å². The van der Waals surface area contributed by atoms with E-state index in [2.05, 4.69) is 17.4 Å². The van der Waals surface area contributed by atoms with Crippen LogP contribution in [0.1, 0.15) is 25.0 Å². The Morgan fingerprint density at radius 3 is 2.45 bits per heavy atom. The van der Waals surface area contributed by atoms with Crippen LogP contribution in [0.4, 0.5) is 5.69 Å². The first-order valence-electron chi connectivity index (χ1n) is 6.68. The molecule has 0 bridgehead atoms. The molecule has 1 unspecified atom stereocenters. The monoisotopic (exact) mass is 268 g/mol. The number of amides is 1. The van der Waals surface area contributed by atoms with Gasteiger partial charge in [0.2, 0.25) is 5.91 Å². The van der Waals surface area contributed by atoms with Gasteiger partial charge < -0.3 is 11.1 Å². The molecule has 1 atom stereocenters. The lowest BCUT2D eigenvalue weighted by molar-refractivity contribution is -0.120. The van der Waals surface area contributed by atoms with E-state index >= 15 is 0 Å². The Kier molecular flexibility index (Phi) is 4.08. The zero-order valence-electron chi connectivity index (χ0n) is 11.9. The van der Waals surface area contributed by atoms with Crippen molar-refractivity contribution in [1.29, 1.82) is 0 Å². The van der Waals surface area contributed by atoms with Crippen LogP contribution in [-0.4, -0.2) is 5.91 Å². The molecule has 3 heteroatoms. The molecule has 104 valence electrons. The van der Waals surface area contributed by atoms with Gasteiger partial charge >= 0.3 is 0 Å². The second-order valence-corrected chi connectivity index (χ2v) is 5.30. The Bertz CT molecular complexity index is 595. The van der Waals surface area contributed by atoms with Gasteiger partial charge in [-0.2, -0.15) is 0 Å². The molecule has 0 aromatic heterocycles. The van der Waals surface area contributed by atoms with Gasteiger partial charge in [0.25, 0.3) is 0 Å². The third-order valence-electron chi connectivity index (χ3n) is 3.38. The maximum absolute atomic E-state index is 11.6. The maximum Gasteiger partial charge on any atom is 0.217 e. The molecule has 0 spiro atoms. The summed E-state index contributed by atoms with van der Waals surface area (Å²) in [7, 11) is 0. The quantitative estimate of drug-likeness (QED) is 0.838. The van der Waals surface area contributed by atoms with Gasteiger partial charge in [-0.3, -0.25) is 4.79 Å². The summed E-state index contributed by atoms with van der Waals surface area (Å²) in [5, 5.41) is 3.05. The molecule has 0 saturated heterocycles. The number of benzene rings is 2. The first kappa shape index (κ1) is 14.1. The molecule has 0 heterocycles. The fourth-order valence-corrected chi connectivity index (χ4v) is 2.49. The van der Waals surface area contributed by atoms with Gasteiger partial charge in [0.05, 0.1) is 5.54 Å². The van der Waals surface area contributed by atoms with E-state index in [1.165, 1.54) is 12.5 Å². The topological polar surface area (TPSA) is 55.1 Å². The molecule has 3 nitrogen and oxygen atoms in total. The average Bonchev–Trinajstić information content (AvgIpc) is 2.39. The zero-order chi connectivity index (χ0) is 14.6. The molecule has 0 aliphatic heterocycles. The number of carbonyl (C=O) groups excluding carboxylic acids is 1. The van der Waals surface area contributed by atoms with Crippen LogP contribution in [0.5, 0.6) is 0 Å². The number of rotatable bonds is 4. The van der Waals surface area contributed by atoms with Gasteiger partial charge in [0.1, 0.15) is 0 Å². The highest BCUT2D eigenvalue weighted by atomic mass is 16.1. The minimum absolute atomic E-state index is 0.0501. The van der Waals surface area contributed by atoms with Crippen LogP contribution in [0.3, 0.4) is 0 Å². The molecule has 20 heavy (non-hydrogen) atoms. The number of hydrogen-bond acceptors (Lipinski definition) is 2. The Hall–Kier alpha value is -2.29. The Balaban J connectivity index is 2.37. The van der Waals surface area contributed by atoms with Gasteiger partial charge in [-0.15, -0.1) is 0 Å². The van der Waals surface area contributed by atoms with Gasteiger partial charge in [-0.1, -0.05) is 42.5 Å². The summed E-state index contributed by atoms with van der Waals surface area (Å²) in [6, 6.07) is 17.8. The van der Waals surface area contributed by atoms with E-state index in [0.29, 0.717) is 5.69 Å². The number of nitrogens with two attached hydrogens (primary N) is 1. The van der Waals surface area contributed by atoms with Crippen LogP contribution < -0.4 is 11.1 Å². The van der Waals surface area contributed by atoms with Crippen LogP contribution in [0, 0.1) is 0 Å². The Morgan fingerprint density at radius 2 is 1.85 bits per heavy atom. The molecule has 0 aliphatic carbocycles. The normalized spacial score (nSPS) is 13.5. The van der Waals surface area contributed by atoms with E-state index in [1.807, 2.05) is 49.4 Å². The van der Waals surface area contributed by atoms with Crippen molar-refractivity contribution < 1.29 is 4.79 Å². The lowest BCUT2D eigenvalue weighted by Crippen LogP contribution is -2.44. The third kappa shape index (κ3) is 3.38. The Labute approximate surface area is 119 Å². The highest BCUT2D eigenvalue weighted by molar-refractivity contribution is 5.74. The van der Waals surface area contributed by atoms with Gasteiger partial charge in [0, 0.05) is 12.6 Å². The summed E-state index contributed by atoms with van der Waals surface area (Å²) in [6.45, 7) is 3.56. The van der Waals surface area contributed by atoms with Gasteiger partial charge in [-0.25, -0.2) is 0 Å². The molecule has 0 aliphatic rings. The van der Waals surface area contributed by atoms with Gasteiger partial charge in [0.15, 0.2) is 0 Å². The van der Waals surface area contributed by atoms with Crippen molar-refractivity contribution in [2.45, 2.75) is 25.8 Å². The van der Waals surface area contributed by atoms with Crippen LogP contribution >= 0.6 is 0 Å². The molecule has 0 saturated carbocycles. The first-order valence-corrected chi connectivity index (χ1v) is 6.68. The Morgan fingerprint density at radius 1 is 1.15 bits per heavy atom. The van der Waals surface area contributed by atoms with E-state index in [1.54, 1.807) is 0 Å². The van der Waals surface area contributed by atoms with Gasteiger partial charge in [-0.05, 0) is 36.6 Å². The van der Waals surface area contributed by atoms with Crippen molar-refractivity contribution in [3.05, 3.63) is 65.7 Å². The number of hydrogen-bond donors (Lipinski definition) is 2. The molecule has 2 rings (SSSR count). The third-order valence-corrected chi connectivity index (χ3v) is 3.38. The van der Waals surface area contributed by atoms with Crippen molar-refractivity contribution in [2.24, 2.45) is 0 Å². The first-order chi connectivity index (χ1) is 9.49. The summed E-state index contributed by atoms with van der Waals surface area (Å²) < 4.78 is 0. The molecule has 2 aromatic rings. The molecular weight excluding hydrogens is 248 g/mol.